The van der Waals surface area contributed by atoms with Crippen molar-refractivity contribution in [1.29, 1.82) is 0 Å². The SMILES string of the molecule is CCCCCCc1cccc(N(CC)c2nc(OCc3ccccc3)ncc2C(F)(F)F)c1. The minimum Gasteiger partial charge on any atom is -0.459 e. The van der Waals surface area contributed by atoms with E-state index in [1.807, 2.05) is 54.6 Å². The molecule has 7 heteroatoms. The molecule has 1 aromatic heterocycles. The van der Waals surface area contributed by atoms with Crippen molar-refractivity contribution < 1.29 is 17.9 Å². The molecule has 0 aliphatic carbocycles. The van der Waals surface area contributed by atoms with E-state index in [2.05, 4.69) is 16.9 Å². The topological polar surface area (TPSA) is 38.2 Å². The van der Waals surface area contributed by atoms with Gasteiger partial charge in [0, 0.05) is 18.4 Å². The second kappa shape index (κ2) is 11.7. The fourth-order valence-corrected chi connectivity index (χ4v) is 3.64. The van der Waals surface area contributed by atoms with Crippen molar-refractivity contribution in [3.05, 3.63) is 77.5 Å². The average molecular weight is 458 g/mol. The fourth-order valence-electron chi connectivity index (χ4n) is 3.64. The molecule has 0 bridgehead atoms. The predicted octanol–water partition coefficient (Wildman–Crippen LogP) is 7.36. The first-order chi connectivity index (χ1) is 15.9. The van der Waals surface area contributed by atoms with E-state index in [-0.39, 0.29) is 18.4 Å². The van der Waals surface area contributed by atoms with Gasteiger partial charge < -0.3 is 9.64 Å². The maximum Gasteiger partial charge on any atom is 0.421 e. The van der Waals surface area contributed by atoms with Crippen LogP contribution in [0.5, 0.6) is 6.01 Å². The van der Waals surface area contributed by atoms with Gasteiger partial charge in [-0.15, -0.1) is 0 Å². The number of unbranched alkanes of at least 4 members (excludes halogenated alkanes) is 3. The summed E-state index contributed by atoms with van der Waals surface area (Å²) in [7, 11) is 0. The number of rotatable bonds is 11. The van der Waals surface area contributed by atoms with Crippen LogP contribution in [-0.2, 0) is 19.2 Å². The van der Waals surface area contributed by atoms with E-state index in [0.717, 1.165) is 43.0 Å². The molecule has 3 rings (SSSR count). The van der Waals surface area contributed by atoms with E-state index >= 15 is 0 Å². The summed E-state index contributed by atoms with van der Waals surface area (Å²) in [6.45, 7) is 4.46. The normalized spacial score (nSPS) is 11.4. The molecule has 0 aliphatic heterocycles. The van der Waals surface area contributed by atoms with Crippen molar-refractivity contribution in [3.8, 4) is 6.01 Å². The Labute approximate surface area is 193 Å². The van der Waals surface area contributed by atoms with Crippen molar-refractivity contribution in [1.82, 2.24) is 9.97 Å². The second-order valence-corrected chi connectivity index (χ2v) is 7.89. The summed E-state index contributed by atoms with van der Waals surface area (Å²) in [6.07, 6.45) is 1.66. The molecule has 0 aliphatic rings. The summed E-state index contributed by atoms with van der Waals surface area (Å²) in [4.78, 5) is 9.58. The largest absolute Gasteiger partial charge is 0.459 e. The first kappa shape index (κ1) is 24.6. The Balaban J connectivity index is 1.88. The average Bonchev–Trinajstić information content (AvgIpc) is 2.81. The Bertz CT molecular complexity index is 1010. The third-order valence-corrected chi connectivity index (χ3v) is 5.38. The highest BCUT2D eigenvalue weighted by molar-refractivity contribution is 5.64. The summed E-state index contributed by atoms with van der Waals surface area (Å²) >= 11 is 0. The third-order valence-electron chi connectivity index (χ3n) is 5.38. The molecule has 0 fully saturated rings. The van der Waals surface area contributed by atoms with Gasteiger partial charge in [0.1, 0.15) is 12.2 Å². The van der Waals surface area contributed by atoms with Gasteiger partial charge >= 0.3 is 12.2 Å². The van der Waals surface area contributed by atoms with Crippen LogP contribution in [-0.4, -0.2) is 16.5 Å². The van der Waals surface area contributed by atoms with Crippen molar-refractivity contribution in [2.45, 2.75) is 58.7 Å². The number of aryl methyl sites for hydroxylation is 1. The maximum atomic E-state index is 13.8. The standard InChI is InChI=1S/C26H30F3N3O/c1-3-5-6-8-12-20-15-11-16-22(17-20)32(4-2)24-23(26(27,28)29)18-30-25(31-24)33-19-21-13-9-7-10-14-21/h7,9-11,13-18H,3-6,8,12,19H2,1-2H3. The van der Waals surface area contributed by atoms with E-state index in [1.165, 1.54) is 6.42 Å². The Morgan fingerprint density at radius 3 is 2.36 bits per heavy atom. The fraction of sp³-hybridized carbons (Fsp3) is 0.385. The number of aromatic nitrogens is 2. The van der Waals surface area contributed by atoms with Crippen LogP contribution < -0.4 is 9.64 Å². The molecule has 0 atom stereocenters. The lowest BCUT2D eigenvalue weighted by Crippen LogP contribution is -2.23. The third kappa shape index (κ3) is 6.94. The van der Waals surface area contributed by atoms with Gasteiger partial charge in [0.15, 0.2) is 5.82 Å². The van der Waals surface area contributed by atoms with Crippen LogP contribution in [0.3, 0.4) is 0 Å². The van der Waals surface area contributed by atoms with Crippen LogP contribution in [0.4, 0.5) is 24.7 Å². The van der Waals surface area contributed by atoms with Gasteiger partial charge in [0.2, 0.25) is 0 Å². The van der Waals surface area contributed by atoms with Crippen LogP contribution in [0.25, 0.3) is 0 Å². The van der Waals surface area contributed by atoms with E-state index in [9.17, 15) is 13.2 Å². The molecule has 0 spiro atoms. The molecule has 0 amide bonds. The van der Waals surface area contributed by atoms with Crippen LogP contribution in [0.15, 0.2) is 60.8 Å². The highest BCUT2D eigenvalue weighted by Crippen LogP contribution is 2.38. The number of hydrogen-bond acceptors (Lipinski definition) is 4. The zero-order valence-electron chi connectivity index (χ0n) is 19.1. The van der Waals surface area contributed by atoms with Gasteiger partial charge in [0.25, 0.3) is 0 Å². The van der Waals surface area contributed by atoms with Crippen LogP contribution in [0, 0.1) is 0 Å². The Morgan fingerprint density at radius 1 is 0.909 bits per heavy atom. The number of anilines is 2. The predicted molar refractivity (Wildman–Crippen MR) is 125 cm³/mol. The molecule has 0 saturated heterocycles. The van der Waals surface area contributed by atoms with Crippen LogP contribution in [0.1, 0.15) is 56.2 Å². The smallest absolute Gasteiger partial charge is 0.421 e. The van der Waals surface area contributed by atoms with Crippen LogP contribution in [0.2, 0.25) is 0 Å². The summed E-state index contributed by atoms with van der Waals surface area (Å²) in [5, 5.41) is 0. The van der Waals surface area contributed by atoms with Crippen molar-refractivity contribution >= 4 is 11.5 Å². The van der Waals surface area contributed by atoms with Gasteiger partial charge in [-0.2, -0.15) is 18.2 Å². The lowest BCUT2D eigenvalue weighted by atomic mass is 10.1. The van der Waals surface area contributed by atoms with E-state index in [4.69, 9.17) is 4.74 Å². The van der Waals surface area contributed by atoms with Gasteiger partial charge in [0.05, 0.1) is 0 Å². The Kier molecular flexibility index (Phi) is 8.69. The molecule has 4 nitrogen and oxygen atoms in total. The first-order valence-corrected chi connectivity index (χ1v) is 11.4. The van der Waals surface area contributed by atoms with Crippen molar-refractivity contribution in [2.75, 3.05) is 11.4 Å². The number of nitrogens with zero attached hydrogens (tertiary/aromatic N) is 3. The minimum atomic E-state index is -4.58. The lowest BCUT2D eigenvalue weighted by Gasteiger charge is -2.26. The molecule has 3 aromatic rings. The number of ether oxygens (including phenoxy) is 1. The maximum absolute atomic E-state index is 13.8. The van der Waals surface area contributed by atoms with Crippen molar-refractivity contribution in [3.63, 3.8) is 0 Å². The first-order valence-electron chi connectivity index (χ1n) is 11.4. The van der Waals surface area contributed by atoms with Crippen molar-refractivity contribution in [2.24, 2.45) is 0 Å². The number of hydrogen-bond donors (Lipinski definition) is 0. The molecule has 176 valence electrons. The molecule has 33 heavy (non-hydrogen) atoms. The zero-order valence-corrected chi connectivity index (χ0v) is 19.1. The molecule has 0 N–H and O–H groups in total. The zero-order chi connectivity index (χ0) is 23.7. The van der Waals surface area contributed by atoms with Gasteiger partial charge in [-0.3, -0.25) is 0 Å². The number of benzene rings is 2. The number of halogens is 3. The summed E-state index contributed by atoms with van der Waals surface area (Å²) in [6, 6.07) is 16.9. The lowest BCUT2D eigenvalue weighted by molar-refractivity contribution is -0.137. The minimum absolute atomic E-state index is 0.0870. The molecule has 0 saturated carbocycles. The molecular formula is C26H30F3N3O. The van der Waals surface area contributed by atoms with E-state index in [1.54, 1.807) is 11.8 Å². The Morgan fingerprint density at radius 2 is 1.67 bits per heavy atom. The molecule has 2 aromatic carbocycles. The second-order valence-electron chi connectivity index (χ2n) is 7.89. The van der Waals surface area contributed by atoms with Gasteiger partial charge in [-0.25, -0.2) is 4.98 Å². The Hall–Kier alpha value is -3.09. The molecular weight excluding hydrogens is 427 g/mol. The monoisotopic (exact) mass is 457 g/mol. The van der Waals surface area contributed by atoms with E-state index < -0.39 is 11.7 Å². The summed E-state index contributed by atoms with van der Waals surface area (Å²) < 4.78 is 47.1. The molecule has 0 unspecified atom stereocenters. The van der Waals surface area contributed by atoms with E-state index in [0.29, 0.717) is 12.2 Å². The highest BCUT2D eigenvalue weighted by Gasteiger charge is 2.37. The quantitative estimate of drug-likeness (QED) is 0.282. The summed E-state index contributed by atoms with van der Waals surface area (Å²) in [5.74, 6) is -0.203. The van der Waals surface area contributed by atoms with Gasteiger partial charge in [-0.1, -0.05) is 68.7 Å². The molecule has 0 radical (unpaired) electrons. The van der Waals surface area contributed by atoms with Crippen LogP contribution >= 0.6 is 0 Å². The number of alkyl halides is 3. The van der Waals surface area contributed by atoms with Gasteiger partial charge in [-0.05, 0) is 43.0 Å². The highest BCUT2D eigenvalue weighted by atomic mass is 19.4. The molecule has 1 heterocycles. The summed E-state index contributed by atoms with van der Waals surface area (Å²) in [5.41, 5.74) is 1.77.